The summed E-state index contributed by atoms with van der Waals surface area (Å²) in [6.07, 6.45) is -0.745. The molecule has 3 rings (SSSR count). The lowest BCUT2D eigenvalue weighted by Gasteiger charge is -2.21. The van der Waals surface area contributed by atoms with Crippen molar-refractivity contribution in [3.63, 3.8) is 0 Å². The van der Waals surface area contributed by atoms with Crippen molar-refractivity contribution in [1.29, 1.82) is 0 Å². The highest BCUT2D eigenvalue weighted by molar-refractivity contribution is 6.35. The van der Waals surface area contributed by atoms with Gasteiger partial charge in [-0.05, 0) is 37.3 Å². The van der Waals surface area contributed by atoms with Crippen LogP contribution in [0.2, 0.25) is 10.0 Å². The summed E-state index contributed by atoms with van der Waals surface area (Å²) in [4.78, 5) is 14.0. The molecule has 8 heteroatoms. The number of amides is 1. The Morgan fingerprint density at radius 3 is 2.63 bits per heavy atom. The zero-order valence-corrected chi connectivity index (χ0v) is 16.2. The van der Waals surface area contributed by atoms with Gasteiger partial charge in [-0.25, -0.2) is 0 Å². The molecule has 0 bridgehead atoms. The number of ether oxygens (including phenoxy) is 1. The first kappa shape index (κ1) is 19.2. The van der Waals surface area contributed by atoms with Gasteiger partial charge < -0.3 is 14.1 Å². The Balaban J connectivity index is 1.62. The second kappa shape index (κ2) is 8.41. The predicted octanol–water partition coefficient (Wildman–Crippen LogP) is 4.47. The summed E-state index contributed by atoms with van der Waals surface area (Å²) in [6, 6.07) is 14.2. The molecule has 0 aliphatic heterocycles. The van der Waals surface area contributed by atoms with Crippen LogP contribution in [-0.4, -0.2) is 34.2 Å². The number of rotatable bonds is 6. The van der Waals surface area contributed by atoms with E-state index in [-0.39, 0.29) is 12.5 Å². The molecule has 1 amide bonds. The summed E-state index contributed by atoms with van der Waals surface area (Å²) in [5.41, 5.74) is 0.819. The number of likely N-dealkylation sites (N-methyl/N-ethyl adjacent to an activating group) is 1. The molecule has 1 atom stereocenters. The zero-order chi connectivity index (χ0) is 19.4. The number of carbonyl (C=O) groups excluding carboxylic acids is 1. The SMILES string of the molecule is C[C@H](Oc1ccc(Cl)cc1Cl)C(=O)N(C)Cc1nnc(-c2ccccc2)o1. The molecule has 140 valence electrons. The van der Waals surface area contributed by atoms with Crippen LogP contribution in [0.5, 0.6) is 5.75 Å². The van der Waals surface area contributed by atoms with Gasteiger partial charge in [0.25, 0.3) is 5.91 Å². The number of hydrogen-bond acceptors (Lipinski definition) is 5. The largest absolute Gasteiger partial charge is 0.479 e. The Morgan fingerprint density at radius 2 is 1.93 bits per heavy atom. The van der Waals surface area contributed by atoms with Gasteiger partial charge in [-0.3, -0.25) is 4.79 Å². The van der Waals surface area contributed by atoms with Crippen LogP contribution in [0.4, 0.5) is 0 Å². The first-order valence-corrected chi connectivity index (χ1v) is 8.94. The molecule has 27 heavy (non-hydrogen) atoms. The minimum atomic E-state index is -0.745. The van der Waals surface area contributed by atoms with Gasteiger partial charge in [0.1, 0.15) is 5.75 Å². The van der Waals surface area contributed by atoms with Crippen LogP contribution in [0.3, 0.4) is 0 Å². The number of hydrogen-bond donors (Lipinski definition) is 0. The van der Waals surface area contributed by atoms with Crippen molar-refractivity contribution in [2.45, 2.75) is 19.6 Å². The first-order valence-electron chi connectivity index (χ1n) is 8.18. The highest BCUT2D eigenvalue weighted by atomic mass is 35.5. The molecule has 1 aromatic heterocycles. The summed E-state index contributed by atoms with van der Waals surface area (Å²) < 4.78 is 11.3. The van der Waals surface area contributed by atoms with Crippen molar-refractivity contribution in [2.24, 2.45) is 0 Å². The molecule has 2 aromatic carbocycles. The summed E-state index contributed by atoms with van der Waals surface area (Å²) >= 11 is 11.9. The average molecular weight is 406 g/mol. The van der Waals surface area contributed by atoms with E-state index < -0.39 is 6.10 Å². The van der Waals surface area contributed by atoms with E-state index in [2.05, 4.69) is 10.2 Å². The summed E-state index contributed by atoms with van der Waals surface area (Å²) in [7, 11) is 1.64. The molecule has 0 saturated carbocycles. The molecule has 0 spiro atoms. The second-order valence-electron chi connectivity index (χ2n) is 5.90. The third-order valence-electron chi connectivity index (χ3n) is 3.78. The van der Waals surface area contributed by atoms with Crippen LogP contribution in [0.25, 0.3) is 11.5 Å². The molecule has 0 aliphatic rings. The Kier molecular flexibility index (Phi) is 5.98. The fraction of sp³-hybridized carbons (Fsp3) is 0.211. The first-order chi connectivity index (χ1) is 12.9. The van der Waals surface area contributed by atoms with Crippen LogP contribution in [0, 0.1) is 0 Å². The van der Waals surface area contributed by atoms with Gasteiger partial charge in [-0.1, -0.05) is 41.4 Å². The Hall–Kier alpha value is -2.57. The van der Waals surface area contributed by atoms with Crippen molar-refractivity contribution in [1.82, 2.24) is 15.1 Å². The normalized spacial score (nSPS) is 11.9. The van der Waals surface area contributed by atoms with E-state index in [0.717, 1.165) is 5.56 Å². The fourth-order valence-electron chi connectivity index (χ4n) is 2.42. The number of benzene rings is 2. The van der Waals surface area contributed by atoms with Gasteiger partial charge in [0.2, 0.25) is 11.8 Å². The molecular formula is C19H17Cl2N3O3. The third-order valence-corrected chi connectivity index (χ3v) is 4.31. The maximum Gasteiger partial charge on any atom is 0.263 e. The number of carbonyl (C=O) groups is 1. The zero-order valence-electron chi connectivity index (χ0n) is 14.7. The number of halogens is 2. The summed E-state index contributed by atoms with van der Waals surface area (Å²) in [5, 5.41) is 8.85. The predicted molar refractivity (Wildman–Crippen MR) is 103 cm³/mol. The quantitative estimate of drug-likeness (QED) is 0.604. The summed E-state index contributed by atoms with van der Waals surface area (Å²) in [6.45, 7) is 1.81. The third kappa shape index (κ3) is 4.78. The lowest BCUT2D eigenvalue weighted by atomic mass is 10.2. The molecule has 0 aliphatic carbocycles. The van der Waals surface area contributed by atoms with Crippen LogP contribution in [-0.2, 0) is 11.3 Å². The highest BCUT2D eigenvalue weighted by Gasteiger charge is 2.22. The minimum Gasteiger partial charge on any atom is -0.479 e. The molecular weight excluding hydrogens is 389 g/mol. The average Bonchev–Trinajstić information content (AvgIpc) is 3.12. The van der Waals surface area contributed by atoms with Gasteiger partial charge >= 0.3 is 0 Å². The molecule has 0 fully saturated rings. The Morgan fingerprint density at radius 1 is 1.19 bits per heavy atom. The molecule has 0 radical (unpaired) electrons. The van der Waals surface area contributed by atoms with Gasteiger partial charge in [0.15, 0.2) is 6.10 Å². The Bertz CT molecular complexity index is 931. The van der Waals surface area contributed by atoms with Gasteiger partial charge in [0, 0.05) is 17.6 Å². The second-order valence-corrected chi connectivity index (χ2v) is 6.74. The van der Waals surface area contributed by atoms with E-state index in [1.807, 2.05) is 30.3 Å². The van der Waals surface area contributed by atoms with Crippen LogP contribution in [0.15, 0.2) is 52.9 Å². The Labute approximate surface area is 166 Å². The van der Waals surface area contributed by atoms with Gasteiger partial charge in [0.05, 0.1) is 11.6 Å². The molecule has 0 unspecified atom stereocenters. The van der Waals surface area contributed by atoms with E-state index in [0.29, 0.717) is 27.6 Å². The van der Waals surface area contributed by atoms with Crippen molar-refractivity contribution >= 4 is 29.1 Å². The van der Waals surface area contributed by atoms with Crippen LogP contribution < -0.4 is 4.74 Å². The molecule has 1 heterocycles. The van der Waals surface area contributed by atoms with Crippen molar-refractivity contribution in [3.8, 4) is 17.2 Å². The molecule has 0 N–H and O–H groups in total. The van der Waals surface area contributed by atoms with Crippen molar-refractivity contribution in [3.05, 3.63) is 64.5 Å². The van der Waals surface area contributed by atoms with E-state index in [4.69, 9.17) is 32.4 Å². The molecule has 0 saturated heterocycles. The minimum absolute atomic E-state index is 0.167. The van der Waals surface area contributed by atoms with Gasteiger partial charge in [-0.15, -0.1) is 10.2 Å². The maximum atomic E-state index is 12.5. The lowest BCUT2D eigenvalue weighted by Crippen LogP contribution is -2.37. The van der Waals surface area contributed by atoms with Crippen molar-refractivity contribution < 1.29 is 13.9 Å². The molecule has 6 nitrogen and oxygen atoms in total. The summed E-state index contributed by atoms with van der Waals surface area (Å²) in [5.74, 6) is 0.880. The van der Waals surface area contributed by atoms with Crippen LogP contribution in [0.1, 0.15) is 12.8 Å². The monoisotopic (exact) mass is 405 g/mol. The smallest absolute Gasteiger partial charge is 0.263 e. The molecule has 3 aromatic rings. The fourth-order valence-corrected chi connectivity index (χ4v) is 2.87. The van der Waals surface area contributed by atoms with E-state index >= 15 is 0 Å². The van der Waals surface area contributed by atoms with E-state index in [1.54, 1.807) is 32.2 Å². The standard InChI is InChI=1S/C19H17Cl2N3O3/c1-12(26-16-9-8-14(20)10-15(16)21)19(25)24(2)11-17-22-23-18(27-17)13-6-4-3-5-7-13/h3-10,12H,11H2,1-2H3/t12-/m0/s1. The maximum absolute atomic E-state index is 12.5. The van der Waals surface area contributed by atoms with Crippen molar-refractivity contribution in [2.75, 3.05) is 7.05 Å². The highest BCUT2D eigenvalue weighted by Crippen LogP contribution is 2.28. The van der Waals surface area contributed by atoms with Crippen LogP contribution >= 0.6 is 23.2 Å². The topological polar surface area (TPSA) is 68.5 Å². The number of nitrogens with zero attached hydrogens (tertiary/aromatic N) is 3. The number of aromatic nitrogens is 2. The van der Waals surface area contributed by atoms with Gasteiger partial charge in [-0.2, -0.15) is 0 Å². The van der Waals surface area contributed by atoms with E-state index in [1.165, 1.54) is 4.90 Å². The van der Waals surface area contributed by atoms with E-state index in [9.17, 15) is 4.79 Å². The lowest BCUT2D eigenvalue weighted by molar-refractivity contribution is -0.137.